The molecule has 0 aliphatic heterocycles. The van der Waals surface area contributed by atoms with Gasteiger partial charge in [0, 0.05) is 12.6 Å². The van der Waals surface area contributed by atoms with Gasteiger partial charge in [0.2, 0.25) is 0 Å². The molecule has 0 saturated heterocycles. The summed E-state index contributed by atoms with van der Waals surface area (Å²) in [4.78, 5) is 12.0. The highest BCUT2D eigenvalue weighted by Gasteiger charge is 2.35. The van der Waals surface area contributed by atoms with Gasteiger partial charge in [-0.15, -0.1) is 0 Å². The number of hydrogen-bond donors (Lipinski definition) is 2. The predicted octanol–water partition coefficient (Wildman–Crippen LogP) is 2.95. The van der Waals surface area contributed by atoms with Crippen LogP contribution in [-0.4, -0.2) is 18.5 Å². The normalized spacial score (nSPS) is 13.1. The van der Waals surface area contributed by atoms with E-state index in [1.54, 1.807) is 0 Å². The van der Waals surface area contributed by atoms with Crippen LogP contribution in [0, 0.1) is 0 Å². The highest BCUT2D eigenvalue weighted by molar-refractivity contribution is 5.96. The number of nitrogens with one attached hydrogen (secondary N) is 1. The van der Waals surface area contributed by atoms with Gasteiger partial charge in [-0.3, -0.25) is 4.79 Å². The number of alkyl halides is 3. The van der Waals surface area contributed by atoms with E-state index in [9.17, 15) is 18.0 Å². The lowest BCUT2D eigenvalue weighted by Gasteiger charge is -2.18. The molecule has 0 radical (unpaired) electrons. The summed E-state index contributed by atoms with van der Waals surface area (Å²) in [5.74, 6) is -0.732. The van der Waals surface area contributed by atoms with Gasteiger partial charge in [-0.2, -0.15) is 13.2 Å². The van der Waals surface area contributed by atoms with E-state index in [2.05, 4.69) is 5.32 Å². The Kier molecular flexibility index (Phi) is 6.01. The molecule has 0 aliphatic rings. The second kappa shape index (κ2) is 7.28. The van der Waals surface area contributed by atoms with Crippen LogP contribution in [0.5, 0.6) is 0 Å². The summed E-state index contributed by atoms with van der Waals surface area (Å²) < 4.78 is 38.5. The van der Waals surface area contributed by atoms with Gasteiger partial charge in [0.05, 0.1) is 11.1 Å². The van der Waals surface area contributed by atoms with Crippen molar-refractivity contribution in [1.82, 2.24) is 5.32 Å². The molecule has 3 nitrogen and oxygen atoms in total. The van der Waals surface area contributed by atoms with Crippen LogP contribution < -0.4 is 11.1 Å². The van der Waals surface area contributed by atoms with Crippen molar-refractivity contribution in [3.05, 3.63) is 35.4 Å². The van der Waals surface area contributed by atoms with Gasteiger partial charge in [-0.25, -0.2) is 0 Å². The third-order valence-electron chi connectivity index (χ3n) is 3.00. The first-order chi connectivity index (χ1) is 9.40. The van der Waals surface area contributed by atoms with E-state index in [0.717, 1.165) is 18.9 Å². The van der Waals surface area contributed by atoms with Crippen LogP contribution in [0.4, 0.5) is 13.2 Å². The van der Waals surface area contributed by atoms with E-state index in [0.29, 0.717) is 6.42 Å². The zero-order valence-electron chi connectivity index (χ0n) is 11.3. The van der Waals surface area contributed by atoms with Crippen LogP contribution in [0.25, 0.3) is 0 Å². The number of nitrogens with two attached hydrogens (primary N) is 1. The number of carbonyl (C=O) groups excluding carboxylic acids is 1. The highest BCUT2D eigenvalue weighted by Crippen LogP contribution is 2.31. The van der Waals surface area contributed by atoms with Gasteiger partial charge in [-0.05, 0) is 18.6 Å². The van der Waals surface area contributed by atoms with Crippen LogP contribution in [-0.2, 0) is 6.18 Å². The fraction of sp³-hybridized carbons (Fsp3) is 0.500. The molecule has 0 saturated carbocycles. The van der Waals surface area contributed by atoms with Gasteiger partial charge in [0.15, 0.2) is 0 Å². The Bertz CT molecular complexity index is 446. The maximum atomic E-state index is 12.8. The van der Waals surface area contributed by atoms with E-state index < -0.39 is 17.6 Å². The van der Waals surface area contributed by atoms with Crippen molar-refractivity contribution in [1.29, 1.82) is 0 Å². The number of benzene rings is 1. The third-order valence-corrected chi connectivity index (χ3v) is 3.00. The molecule has 0 spiro atoms. The van der Waals surface area contributed by atoms with Crippen molar-refractivity contribution < 1.29 is 18.0 Å². The topological polar surface area (TPSA) is 55.1 Å². The zero-order chi connectivity index (χ0) is 15.2. The van der Waals surface area contributed by atoms with Crippen molar-refractivity contribution >= 4 is 5.91 Å². The van der Waals surface area contributed by atoms with E-state index >= 15 is 0 Å². The summed E-state index contributed by atoms with van der Waals surface area (Å²) in [5.41, 5.74) is 4.23. The van der Waals surface area contributed by atoms with Crippen LogP contribution in [0.3, 0.4) is 0 Å². The zero-order valence-corrected chi connectivity index (χ0v) is 11.3. The molecule has 0 aromatic heterocycles. The summed E-state index contributed by atoms with van der Waals surface area (Å²) in [6.45, 7) is 2.20. The van der Waals surface area contributed by atoms with Crippen molar-refractivity contribution in [2.75, 3.05) is 6.54 Å². The first kappa shape index (κ1) is 16.5. The minimum atomic E-state index is -4.55. The Hall–Kier alpha value is -1.56. The Labute approximate surface area is 116 Å². The Morgan fingerprint density at radius 2 is 2.00 bits per heavy atom. The van der Waals surface area contributed by atoms with Gasteiger partial charge in [0.25, 0.3) is 5.91 Å². The van der Waals surface area contributed by atoms with Crippen LogP contribution in [0.15, 0.2) is 24.3 Å². The van der Waals surface area contributed by atoms with E-state index in [1.165, 1.54) is 18.2 Å². The predicted molar refractivity (Wildman–Crippen MR) is 71.3 cm³/mol. The fourth-order valence-corrected chi connectivity index (χ4v) is 1.89. The molecule has 1 aromatic carbocycles. The molecule has 0 fully saturated rings. The van der Waals surface area contributed by atoms with Crippen molar-refractivity contribution in [2.24, 2.45) is 5.73 Å². The Morgan fingerprint density at radius 3 is 2.55 bits per heavy atom. The third kappa shape index (κ3) is 4.52. The molecular weight excluding hydrogens is 269 g/mol. The number of carbonyl (C=O) groups is 1. The smallest absolute Gasteiger partial charge is 0.348 e. The highest BCUT2D eigenvalue weighted by atomic mass is 19.4. The van der Waals surface area contributed by atoms with E-state index in [-0.39, 0.29) is 18.2 Å². The van der Waals surface area contributed by atoms with E-state index in [4.69, 9.17) is 5.73 Å². The number of rotatable bonds is 6. The standard InChI is InChI=1S/C14H19F3N2O/c1-2-3-6-10(9-18)19-13(20)11-7-4-5-8-12(11)14(15,16)17/h4-5,7-8,10H,2-3,6,9,18H2,1H3,(H,19,20). The summed E-state index contributed by atoms with van der Waals surface area (Å²) in [6.07, 6.45) is -2.09. The summed E-state index contributed by atoms with van der Waals surface area (Å²) in [6, 6.07) is 4.44. The van der Waals surface area contributed by atoms with Crippen LogP contribution in [0.1, 0.15) is 42.1 Å². The van der Waals surface area contributed by atoms with Gasteiger partial charge in [0.1, 0.15) is 0 Å². The average Bonchev–Trinajstić information content (AvgIpc) is 2.42. The lowest BCUT2D eigenvalue weighted by molar-refractivity contribution is -0.137. The summed E-state index contributed by atoms with van der Waals surface area (Å²) in [7, 11) is 0. The maximum Gasteiger partial charge on any atom is 0.417 e. The number of hydrogen-bond acceptors (Lipinski definition) is 2. The minimum Gasteiger partial charge on any atom is -0.348 e. The Morgan fingerprint density at radius 1 is 1.35 bits per heavy atom. The molecule has 1 rings (SSSR count). The average molecular weight is 288 g/mol. The van der Waals surface area contributed by atoms with Crippen LogP contribution in [0.2, 0.25) is 0 Å². The van der Waals surface area contributed by atoms with Crippen molar-refractivity contribution in [3.63, 3.8) is 0 Å². The molecule has 3 N–H and O–H groups in total. The Balaban J connectivity index is 2.87. The first-order valence-electron chi connectivity index (χ1n) is 6.57. The van der Waals surface area contributed by atoms with Crippen molar-refractivity contribution in [2.45, 2.75) is 38.4 Å². The van der Waals surface area contributed by atoms with Crippen LogP contribution >= 0.6 is 0 Å². The minimum absolute atomic E-state index is 0.208. The molecule has 1 aromatic rings. The molecule has 112 valence electrons. The summed E-state index contributed by atoms with van der Waals surface area (Å²) in [5, 5.41) is 2.57. The number of halogens is 3. The van der Waals surface area contributed by atoms with Gasteiger partial charge in [-0.1, -0.05) is 31.9 Å². The second-order valence-electron chi connectivity index (χ2n) is 4.59. The van der Waals surface area contributed by atoms with Gasteiger partial charge < -0.3 is 11.1 Å². The quantitative estimate of drug-likeness (QED) is 0.845. The molecule has 1 amide bonds. The number of amides is 1. The fourth-order valence-electron chi connectivity index (χ4n) is 1.89. The largest absolute Gasteiger partial charge is 0.417 e. The first-order valence-corrected chi connectivity index (χ1v) is 6.57. The van der Waals surface area contributed by atoms with E-state index in [1.807, 2.05) is 6.92 Å². The number of unbranched alkanes of at least 4 members (excludes halogenated alkanes) is 1. The molecule has 20 heavy (non-hydrogen) atoms. The molecule has 0 heterocycles. The second-order valence-corrected chi connectivity index (χ2v) is 4.59. The lowest BCUT2D eigenvalue weighted by atomic mass is 10.0. The molecule has 6 heteroatoms. The SMILES string of the molecule is CCCCC(CN)NC(=O)c1ccccc1C(F)(F)F. The molecule has 1 unspecified atom stereocenters. The summed E-state index contributed by atoms with van der Waals surface area (Å²) >= 11 is 0. The lowest BCUT2D eigenvalue weighted by Crippen LogP contribution is -2.40. The molecule has 0 bridgehead atoms. The van der Waals surface area contributed by atoms with Gasteiger partial charge >= 0.3 is 6.18 Å². The maximum absolute atomic E-state index is 12.8. The molecule has 1 atom stereocenters. The molecular formula is C14H19F3N2O. The molecule has 0 aliphatic carbocycles. The monoisotopic (exact) mass is 288 g/mol. The van der Waals surface area contributed by atoms with Crippen molar-refractivity contribution in [3.8, 4) is 0 Å².